The molecule has 0 aromatic carbocycles. The van der Waals surface area contributed by atoms with Crippen molar-refractivity contribution in [2.75, 3.05) is 6.61 Å². The van der Waals surface area contributed by atoms with Crippen molar-refractivity contribution >= 4 is 11.3 Å². The molecule has 7 heteroatoms. The fourth-order valence-corrected chi connectivity index (χ4v) is 1.19. The van der Waals surface area contributed by atoms with Crippen LogP contribution in [0.25, 0.3) is 0 Å². The summed E-state index contributed by atoms with van der Waals surface area (Å²) in [6, 6.07) is 0. The van der Waals surface area contributed by atoms with Gasteiger partial charge in [0.05, 0.1) is 11.5 Å². The summed E-state index contributed by atoms with van der Waals surface area (Å²) in [5, 5.41) is 8.49. The molecule has 13 heavy (non-hydrogen) atoms. The summed E-state index contributed by atoms with van der Waals surface area (Å²) >= 11 is 0.890. The lowest BCUT2D eigenvalue weighted by molar-refractivity contribution is -0.153. The van der Waals surface area contributed by atoms with E-state index in [-0.39, 0.29) is 11.8 Å². The molecule has 1 N–H and O–H groups in total. The molecule has 0 atom stereocenters. The first-order valence-electron chi connectivity index (χ1n) is 3.26. The van der Waals surface area contributed by atoms with E-state index in [0.717, 1.165) is 11.3 Å². The number of nitrogens with zero attached hydrogens (tertiary/aromatic N) is 1. The molecule has 0 aliphatic rings. The average Bonchev–Trinajstić information content (AvgIpc) is 2.47. The van der Waals surface area contributed by atoms with Gasteiger partial charge in [0.1, 0.15) is 0 Å². The van der Waals surface area contributed by atoms with Gasteiger partial charge in [-0.25, -0.2) is 4.98 Å². The van der Waals surface area contributed by atoms with Gasteiger partial charge in [0.15, 0.2) is 6.61 Å². The lowest BCUT2D eigenvalue weighted by Gasteiger charge is -2.05. The van der Waals surface area contributed by atoms with E-state index >= 15 is 0 Å². The zero-order chi connectivity index (χ0) is 9.90. The highest BCUT2D eigenvalue weighted by molar-refractivity contribution is 7.13. The second-order valence-corrected chi connectivity index (χ2v) is 3.23. The van der Waals surface area contributed by atoms with E-state index in [2.05, 4.69) is 9.72 Å². The summed E-state index contributed by atoms with van der Waals surface area (Å²) in [6.45, 7) is -1.60. The van der Waals surface area contributed by atoms with Crippen LogP contribution in [0, 0.1) is 0 Å². The topological polar surface area (TPSA) is 42.4 Å². The lowest BCUT2D eigenvalue weighted by atomic mass is 10.6. The SMILES string of the molecule is OCc1cnc(OCC(F)(F)F)s1. The highest BCUT2D eigenvalue weighted by Gasteiger charge is 2.28. The Bertz CT molecular complexity index is 273. The second-order valence-electron chi connectivity index (χ2n) is 2.15. The van der Waals surface area contributed by atoms with Gasteiger partial charge in [0, 0.05) is 6.20 Å². The minimum absolute atomic E-state index is 0.0821. The summed E-state index contributed by atoms with van der Waals surface area (Å²) in [5.74, 6) is 0. The monoisotopic (exact) mass is 213 g/mol. The van der Waals surface area contributed by atoms with E-state index in [1.165, 1.54) is 6.20 Å². The smallest absolute Gasteiger partial charge is 0.422 e. The van der Waals surface area contributed by atoms with E-state index in [9.17, 15) is 13.2 Å². The Morgan fingerprint density at radius 2 is 2.23 bits per heavy atom. The summed E-state index contributed by atoms with van der Waals surface area (Å²) in [5.41, 5.74) is 0. The number of thiazole rings is 1. The van der Waals surface area contributed by atoms with E-state index in [1.54, 1.807) is 0 Å². The number of aliphatic hydroxyl groups excluding tert-OH is 1. The first-order chi connectivity index (χ1) is 6.01. The Morgan fingerprint density at radius 1 is 1.54 bits per heavy atom. The molecule has 0 aliphatic heterocycles. The van der Waals surface area contributed by atoms with Crippen molar-refractivity contribution in [3.8, 4) is 5.19 Å². The van der Waals surface area contributed by atoms with Crippen molar-refractivity contribution < 1.29 is 23.0 Å². The van der Waals surface area contributed by atoms with Crippen molar-refractivity contribution in [2.24, 2.45) is 0 Å². The maximum atomic E-state index is 11.6. The van der Waals surface area contributed by atoms with E-state index in [4.69, 9.17) is 5.11 Å². The first-order valence-corrected chi connectivity index (χ1v) is 4.08. The predicted octanol–water partition coefficient (Wildman–Crippen LogP) is 1.58. The van der Waals surface area contributed by atoms with Crippen LogP contribution in [-0.4, -0.2) is 22.9 Å². The van der Waals surface area contributed by atoms with Crippen LogP contribution in [0.15, 0.2) is 6.20 Å². The van der Waals surface area contributed by atoms with Gasteiger partial charge in [-0.1, -0.05) is 11.3 Å². The lowest BCUT2D eigenvalue weighted by Crippen LogP contribution is -2.19. The molecule has 0 fully saturated rings. The van der Waals surface area contributed by atoms with E-state index in [0.29, 0.717) is 4.88 Å². The third-order valence-corrected chi connectivity index (χ3v) is 1.94. The Balaban J connectivity index is 2.46. The van der Waals surface area contributed by atoms with Crippen molar-refractivity contribution in [3.05, 3.63) is 11.1 Å². The van der Waals surface area contributed by atoms with Crippen LogP contribution < -0.4 is 4.74 Å². The van der Waals surface area contributed by atoms with Crippen LogP contribution in [0.3, 0.4) is 0 Å². The molecule has 0 radical (unpaired) electrons. The van der Waals surface area contributed by atoms with Gasteiger partial charge >= 0.3 is 6.18 Å². The quantitative estimate of drug-likeness (QED) is 0.828. The average molecular weight is 213 g/mol. The molecular weight excluding hydrogens is 207 g/mol. The molecular formula is C6H6F3NO2S. The number of aliphatic hydroxyl groups is 1. The van der Waals surface area contributed by atoms with E-state index < -0.39 is 12.8 Å². The fraction of sp³-hybridized carbons (Fsp3) is 0.500. The van der Waals surface area contributed by atoms with Crippen LogP contribution in [0.1, 0.15) is 4.88 Å². The van der Waals surface area contributed by atoms with Crippen molar-refractivity contribution in [3.63, 3.8) is 0 Å². The predicted molar refractivity (Wildman–Crippen MR) is 39.6 cm³/mol. The third kappa shape index (κ3) is 3.60. The van der Waals surface area contributed by atoms with Gasteiger partial charge in [0.25, 0.3) is 5.19 Å². The molecule has 74 valence electrons. The molecule has 1 heterocycles. The number of ether oxygens (including phenoxy) is 1. The van der Waals surface area contributed by atoms with Crippen molar-refractivity contribution in [1.29, 1.82) is 0 Å². The third-order valence-electron chi connectivity index (χ3n) is 1.05. The Kier molecular flexibility index (Phi) is 3.10. The summed E-state index contributed by atoms with van der Waals surface area (Å²) in [4.78, 5) is 4.00. The largest absolute Gasteiger partial charge is 0.460 e. The highest BCUT2D eigenvalue weighted by atomic mass is 32.1. The summed E-state index contributed by atoms with van der Waals surface area (Å²) in [6.07, 6.45) is -3.08. The molecule has 0 aliphatic carbocycles. The molecule has 1 rings (SSSR count). The van der Waals surface area contributed by atoms with Crippen LogP contribution >= 0.6 is 11.3 Å². The van der Waals surface area contributed by atoms with Gasteiger partial charge in [-0.15, -0.1) is 0 Å². The minimum Gasteiger partial charge on any atom is -0.460 e. The zero-order valence-corrected chi connectivity index (χ0v) is 7.15. The van der Waals surface area contributed by atoms with Crippen LogP contribution in [0.4, 0.5) is 13.2 Å². The van der Waals surface area contributed by atoms with Crippen LogP contribution in [0.2, 0.25) is 0 Å². The normalized spacial score (nSPS) is 11.7. The van der Waals surface area contributed by atoms with Crippen molar-refractivity contribution in [1.82, 2.24) is 4.98 Å². The van der Waals surface area contributed by atoms with Crippen LogP contribution in [-0.2, 0) is 6.61 Å². The van der Waals surface area contributed by atoms with Crippen LogP contribution in [0.5, 0.6) is 5.19 Å². The maximum absolute atomic E-state index is 11.6. The Labute approximate surface area is 75.8 Å². The molecule has 1 aromatic rings. The number of alkyl halides is 3. The summed E-state index contributed by atoms with van der Waals surface area (Å²) < 4.78 is 39.2. The molecule has 3 nitrogen and oxygen atoms in total. The molecule has 1 aromatic heterocycles. The highest BCUT2D eigenvalue weighted by Crippen LogP contribution is 2.23. The maximum Gasteiger partial charge on any atom is 0.422 e. The van der Waals surface area contributed by atoms with Gasteiger partial charge < -0.3 is 9.84 Å². The number of aromatic nitrogens is 1. The zero-order valence-electron chi connectivity index (χ0n) is 6.34. The van der Waals surface area contributed by atoms with Gasteiger partial charge in [-0.3, -0.25) is 0 Å². The number of hydrogen-bond acceptors (Lipinski definition) is 4. The van der Waals surface area contributed by atoms with Gasteiger partial charge in [-0.2, -0.15) is 13.2 Å². The second kappa shape index (κ2) is 3.93. The van der Waals surface area contributed by atoms with Gasteiger partial charge in [0.2, 0.25) is 0 Å². The Morgan fingerprint density at radius 3 is 2.69 bits per heavy atom. The fourth-order valence-electron chi connectivity index (χ4n) is 0.573. The number of hydrogen-bond donors (Lipinski definition) is 1. The molecule has 0 unspecified atom stereocenters. The van der Waals surface area contributed by atoms with E-state index in [1.807, 2.05) is 0 Å². The molecule has 0 saturated heterocycles. The molecule has 0 bridgehead atoms. The Hall–Kier alpha value is -0.820. The van der Waals surface area contributed by atoms with Crippen molar-refractivity contribution in [2.45, 2.75) is 12.8 Å². The first kappa shape index (κ1) is 10.3. The number of rotatable bonds is 3. The summed E-state index contributed by atoms with van der Waals surface area (Å²) in [7, 11) is 0. The van der Waals surface area contributed by atoms with Gasteiger partial charge in [-0.05, 0) is 0 Å². The minimum atomic E-state index is -4.36. The molecule has 0 amide bonds. The molecule has 0 spiro atoms. The standard InChI is InChI=1S/C6H6F3NO2S/c7-6(8,9)3-12-5-10-1-4(2-11)13-5/h1,11H,2-3H2. The molecule has 0 saturated carbocycles. The number of halogens is 3.